The summed E-state index contributed by atoms with van der Waals surface area (Å²) in [4.78, 5) is 11.2. The van der Waals surface area contributed by atoms with E-state index in [-0.39, 0.29) is 11.2 Å². The minimum Gasteiger partial charge on any atom is -0.303 e. The summed E-state index contributed by atoms with van der Waals surface area (Å²) >= 11 is 1.44. The first-order chi connectivity index (χ1) is 6.13. The van der Waals surface area contributed by atoms with Gasteiger partial charge in [0.05, 0.1) is 5.25 Å². The molecule has 1 unspecified atom stereocenters. The lowest BCUT2D eigenvalue weighted by atomic mass is 10.3. The Bertz CT molecular complexity index is 269. The van der Waals surface area contributed by atoms with Crippen molar-refractivity contribution in [3.05, 3.63) is 0 Å². The van der Waals surface area contributed by atoms with Crippen LogP contribution in [-0.2, 0) is 4.79 Å². The molecule has 0 aliphatic carbocycles. The van der Waals surface area contributed by atoms with Crippen LogP contribution in [0.2, 0.25) is 0 Å². The van der Waals surface area contributed by atoms with E-state index in [1.165, 1.54) is 11.8 Å². The van der Waals surface area contributed by atoms with Crippen LogP contribution in [0.1, 0.15) is 27.2 Å². The van der Waals surface area contributed by atoms with Crippen LogP contribution in [0.15, 0.2) is 10.2 Å². The Balaban J connectivity index is 2.63. The van der Waals surface area contributed by atoms with E-state index in [0.717, 1.165) is 12.1 Å². The first-order valence-corrected chi connectivity index (χ1v) is 5.07. The van der Waals surface area contributed by atoms with Gasteiger partial charge in [0.15, 0.2) is 5.17 Å². The number of amides is 1. The third kappa shape index (κ3) is 2.84. The van der Waals surface area contributed by atoms with Crippen molar-refractivity contribution in [2.75, 3.05) is 0 Å². The highest BCUT2D eigenvalue weighted by molar-refractivity contribution is 8.15. The Morgan fingerprint density at radius 1 is 1.62 bits per heavy atom. The van der Waals surface area contributed by atoms with Crippen molar-refractivity contribution in [1.82, 2.24) is 5.32 Å². The van der Waals surface area contributed by atoms with Gasteiger partial charge in [-0.2, -0.15) is 5.10 Å². The molecule has 5 heteroatoms. The van der Waals surface area contributed by atoms with Gasteiger partial charge in [-0.05, 0) is 20.3 Å². The quantitative estimate of drug-likeness (QED) is 0.539. The van der Waals surface area contributed by atoms with Gasteiger partial charge < -0.3 is 5.32 Å². The molecule has 72 valence electrons. The SMILES string of the molecule is CCC1S/C(=N\N=C(C)C)NC1=O. The summed E-state index contributed by atoms with van der Waals surface area (Å²) in [6, 6.07) is 0. The van der Waals surface area contributed by atoms with Gasteiger partial charge in [0.25, 0.3) is 0 Å². The van der Waals surface area contributed by atoms with Crippen LogP contribution >= 0.6 is 11.8 Å². The predicted octanol–water partition coefficient (Wildman–Crippen LogP) is 1.38. The fourth-order valence-corrected chi connectivity index (χ4v) is 1.72. The summed E-state index contributed by atoms with van der Waals surface area (Å²) in [5, 5.41) is 11.1. The average Bonchev–Trinajstić information content (AvgIpc) is 2.43. The molecule has 13 heavy (non-hydrogen) atoms. The van der Waals surface area contributed by atoms with Gasteiger partial charge in [-0.3, -0.25) is 4.79 Å². The lowest BCUT2D eigenvalue weighted by molar-refractivity contribution is -0.118. The van der Waals surface area contributed by atoms with E-state index in [2.05, 4.69) is 15.5 Å². The highest BCUT2D eigenvalue weighted by Gasteiger charge is 2.28. The van der Waals surface area contributed by atoms with Crippen molar-refractivity contribution in [2.45, 2.75) is 32.4 Å². The third-order valence-electron chi connectivity index (χ3n) is 1.49. The van der Waals surface area contributed by atoms with Gasteiger partial charge in [0, 0.05) is 5.71 Å². The molecule has 0 aromatic heterocycles. The maximum atomic E-state index is 11.2. The average molecular weight is 199 g/mol. The number of hydrogen-bond acceptors (Lipinski definition) is 4. The van der Waals surface area contributed by atoms with E-state index >= 15 is 0 Å². The molecule has 1 heterocycles. The van der Waals surface area contributed by atoms with Gasteiger partial charge in [-0.25, -0.2) is 0 Å². The summed E-state index contributed by atoms with van der Waals surface area (Å²) in [5.74, 6) is 0.0372. The minimum absolute atomic E-state index is 0.00566. The first-order valence-electron chi connectivity index (χ1n) is 4.20. The van der Waals surface area contributed by atoms with E-state index in [1.807, 2.05) is 20.8 Å². The number of nitrogens with zero attached hydrogens (tertiary/aromatic N) is 2. The summed E-state index contributed by atoms with van der Waals surface area (Å²) in [5.41, 5.74) is 0.877. The summed E-state index contributed by atoms with van der Waals surface area (Å²) in [6.45, 7) is 5.71. The molecule has 0 saturated carbocycles. The fraction of sp³-hybridized carbons (Fsp3) is 0.625. The number of rotatable bonds is 2. The second-order valence-corrected chi connectivity index (χ2v) is 4.15. The Kier molecular flexibility index (Phi) is 3.48. The molecule has 1 saturated heterocycles. The fourth-order valence-electron chi connectivity index (χ4n) is 0.866. The molecule has 1 rings (SSSR count). The number of carbonyl (C=O) groups excluding carboxylic acids is 1. The highest BCUT2D eigenvalue weighted by Crippen LogP contribution is 2.21. The molecule has 4 nitrogen and oxygen atoms in total. The molecule has 0 aromatic rings. The second-order valence-electron chi connectivity index (χ2n) is 2.96. The standard InChI is InChI=1S/C8H13N3OS/c1-4-6-7(12)9-8(13-6)11-10-5(2)3/h6H,4H2,1-3H3,(H,9,11,12). The van der Waals surface area contributed by atoms with Gasteiger partial charge in [0.1, 0.15) is 0 Å². The minimum atomic E-state index is 0.00566. The highest BCUT2D eigenvalue weighted by atomic mass is 32.2. The largest absolute Gasteiger partial charge is 0.303 e. The molecule has 0 bridgehead atoms. The number of carbonyl (C=O) groups is 1. The maximum absolute atomic E-state index is 11.2. The number of hydrogen-bond donors (Lipinski definition) is 1. The number of thioether (sulfide) groups is 1. The monoisotopic (exact) mass is 199 g/mol. The molecule has 0 aromatic carbocycles. The van der Waals surface area contributed by atoms with Crippen LogP contribution in [0.25, 0.3) is 0 Å². The zero-order valence-corrected chi connectivity index (χ0v) is 8.81. The Morgan fingerprint density at radius 2 is 2.31 bits per heavy atom. The molecule has 0 spiro atoms. The predicted molar refractivity (Wildman–Crippen MR) is 56.0 cm³/mol. The van der Waals surface area contributed by atoms with Crippen LogP contribution < -0.4 is 5.32 Å². The van der Waals surface area contributed by atoms with Crippen molar-refractivity contribution >= 4 is 28.5 Å². The van der Waals surface area contributed by atoms with Crippen molar-refractivity contribution < 1.29 is 4.79 Å². The smallest absolute Gasteiger partial charge is 0.239 e. The molecule has 1 fully saturated rings. The van der Waals surface area contributed by atoms with Crippen molar-refractivity contribution in [2.24, 2.45) is 10.2 Å². The molecule has 1 aliphatic rings. The van der Waals surface area contributed by atoms with Crippen LogP contribution in [0.3, 0.4) is 0 Å². The molecule has 1 aliphatic heterocycles. The first kappa shape index (κ1) is 10.2. The van der Waals surface area contributed by atoms with E-state index < -0.39 is 0 Å². The second kappa shape index (κ2) is 4.41. The molecule has 0 radical (unpaired) electrons. The van der Waals surface area contributed by atoms with Crippen molar-refractivity contribution in [3.63, 3.8) is 0 Å². The zero-order chi connectivity index (χ0) is 9.84. The Hall–Kier alpha value is -0.840. The molecular weight excluding hydrogens is 186 g/mol. The van der Waals surface area contributed by atoms with Gasteiger partial charge in [-0.1, -0.05) is 18.7 Å². The van der Waals surface area contributed by atoms with Crippen LogP contribution in [0.4, 0.5) is 0 Å². The zero-order valence-electron chi connectivity index (χ0n) is 8.00. The lowest BCUT2D eigenvalue weighted by Crippen LogP contribution is -2.24. The Morgan fingerprint density at radius 3 is 2.77 bits per heavy atom. The van der Waals surface area contributed by atoms with E-state index in [9.17, 15) is 4.79 Å². The lowest BCUT2D eigenvalue weighted by Gasteiger charge is -1.95. The molecule has 1 atom stereocenters. The van der Waals surface area contributed by atoms with Crippen LogP contribution in [0, 0.1) is 0 Å². The Labute approximate surface area is 81.9 Å². The number of nitrogens with one attached hydrogen (secondary N) is 1. The van der Waals surface area contributed by atoms with E-state index in [0.29, 0.717) is 5.17 Å². The summed E-state index contributed by atoms with van der Waals surface area (Å²) in [7, 11) is 0. The van der Waals surface area contributed by atoms with Gasteiger partial charge in [0.2, 0.25) is 5.91 Å². The summed E-state index contributed by atoms with van der Waals surface area (Å²) in [6.07, 6.45) is 0.824. The number of amidine groups is 1. The van der Waals surface area contributed by atoms with E-state index in [4.69, 9.17) is 0 Å². The van der Waals surface area contributed by atoms with Gasteiger partial charge >= 0.3 is 0 Å². The summed E-state index contributed by atoms with van der Waals surface area (Å²) < 4.78 is 0. The van der Waals surface area contributed by atoms with Crippen LogP contribution in [0.5, 0.6) is 0 Å². The van der Waals surface area contributed by atoms with Crippen LogP contribution in [-0.4, -0.2) is 22.0 Å². The molecular formula is C8H13N3OS. The van der Waals surface area contributed by atoms with Crippen molar-refractivity contribution in [1.29, 1.82) is 0 Å². The maximum Gasteiger partial charge on any atom is 0.239 e. The normalized spacial score (nSPS) is 24.7. The third-order valence-corrected chi connectivity index (χ3v) is 2.73. The van der Waals surface area contributed by atoms with E-state index in [1.54, 1.807) is 0 Å². The molecule has 1 N–H and O–H groups in total. The van der Waals surface area contributed by atoms with Crippen molar-refractivity contribution in [3.8, 4) is 0 Å². The topological polar surface area (TPSA) is 53.8 Å². The van der Waals surface area contributed by atoms with Gasteiger partial charge in [-0.15, -0.1) is 5.10 Å². The molecule has 1 amide bonds.